The van der Waals surface area contributed by atoms with Gasteiger partial charge in [-0.05, 0) is 123 Å². The lowest BCUT2D eigenvalue weighted by molar-refractivity contribution is 0.0284. The Morgan fingerprint density at radius 3 is 2.12 bits per heavy atom. The summed E-state index contributed by atoms with van der Waals surface area (Å²) < 4.78 is 12.0. The van der Waals surface area contributed by atoms with Crippen LogP contribution in [-0.2, 0) is 27.7 Å². The predicted octanol–water partition coefficient (Wildman–Crippen LogP) is 12.6. The Balaban J connectivity index is 1.10. The second kappa shape index (κ2) is 13.5. The average Bonchev–Trinajstić information content (AvgIpc) is 3.88. The van der Waals surface area contributed by atoms with E-state index in [1.807, 2.05) is 42.9 Å². The number of hydrogen-bond donors (Lipinski definition) is 0. The maximum absolute atomic E-state index is 7.29. The van der Waals surface area contributed by atoms with Gasteiger partial charge in [-0.15, -0.1) is 0 Å². The summed E-state index contributed by atoms with van der Waals surface area (Å²) in [7, 11) is 0. The highest BCUT2D eigenvalue weighted by Gasteiger charge is 2.58. The lowest BCUT2D eigenvalue weighted by Crippen LogP contribution is -2.42. The number of ether oxygens (including phenoxy) is 1. The molecule has 10 aromatic rings. The third-order valence-corrected chi connectivity index (χ3v) is 13.9. The Morgan fingerprint density at radius 1 is 0.609 bits per heavy atom. The molecule has 0 saturated carbocycles. The van der Waals surface area contributed by atoms with Gasteiger partial charge in [0.1, 0.15) is 11.2 Å². The summed E-state index contributed by atoms with van der Waals surface area (Å²) in [5.41, 5.74) is 15.9. The van der Waals surface area contributed by atoms with Crippen molar-refractivity contribution >= 4 is 49.8 Å². The molecule has 6 aromatic heterocycles. The fraction of sp³-hybridized carbons (Fsp3) is 0.196. The molecule has 0 bridgehead atoms. The third kappa shape index (κ3) is 5.51. The van der Waals surface area contributed by atoms with Crippen molar-refractivity contribution in [3.8, 4) is 22.6 Å². The first-order valence-corrected chi connectivity index (χ1v) is 22.1. The van der Waals surface area contributed by atoms with Crippen molar-refractivity contribution in [1.29, 1.82) is 0 Å². The molecule has 0 fully saturated rings. The first kappa shape index (κ1) is 38.2. The predicted molar refractivity (Wildman–Crippen MR) is 258 cm³/mol. The molecule has 312 valence electrons. The standard InChI is InChI=1S/C56H47N7O/c1-33-19-21-47-40(26-33)41-27-34(2)49(63-48-22-20-44(35-14-9-8-10-15-35)60-51(48)39-16-11-25-59-52(39)63)32-50(41)62(47)38-29-36(28-37(30-38)54(3,4)5)53-61-55(6)42-17-12-23-57-45(42)31-46-43(18-13-24-58-46)56(55,7)64-53/h8-30,32H,31H2,1-7H3/t55-,56+/m1/s1. The van der Waals surface area contributed by atoms with Crippen molar-refractivity contribution < 1.29 is 4.74 Å². The maximum atomic E-state index is 7.29. The van der Waals surface area contributed by atoms with Gasteiger partial charge in [-0.1, -0.05) is 74.9 Å². The number of hydrogen-bond acceptors (Lipinski definition) is 6. The molecule has 0 radical (unpaired) electrons. The van der Waals surface area contributed by atoms with Crippen LogP contribution in [0, 0.1) is 13.8 Å². The van der Waals surface area contributed by atoms with Crippen molar-refractivity contribution in [3.63, 3.8) is 0 Å². The van der Waals surface area contributed by atoms with Gasteiger partial charge in [0.15, 0.2) is 5.60 Å². The lowest BCUT2D eigenvalue weighted by atomic mass is 9.75. The Kier molecular flexibility index (Phi) is 8.08. The molecule has 0 saturated heterocycles. The van der Waals surface area contributed by atoms with Gasteiger partial charge in [0.25, 0.3) is 0 Å². The van der Waals surface area contributed by atoms with E-state index in [-0.39, 0.29) is 5.41 Å². The number of pyridine rings is 4. The van der Waals surface area contributed by atoms with E-state index in [0.717, 1.165) is 89.4 Å². The summed E-state index contributed by atoms with van der Waals surface area (Å²) in [4.78, 5) is 25.6. The molecule has 64 heavy (non-hydrogen) atoms. The number of rotatable bonds is 4. The fourth-order valence-corrected chi connectivity index (χ4v) is 10.4. The molecule has 7 heterocycles. The van der Waals surface area contributed by atoms with Crippen LogP contribution >= 0.6 is 0 Å². The molecule has 2 atom stereocenters. The minimum atomic E-state index is -0.831. The highest BCUT2D eigenvalue weighted by atomic mass is 16.5. The van der Waals surface area contributed by atoms with Gasteiger partial charge in [0.05, 0.1) is 44.8 Å². The molecule has 1 aliphatic heterocycles. The minimum absolute atomic E-state index is 0.188. The van der Waals surface area contributed by atoms with Crippen LogP contribution < -0.4 is 0 Å². The van der Waals surface area contributed by atoms with Crippen LogP contribution in [0.1, 0.15) is 79.4 Å². The van der Waals surface area contributed by atoms with Crippen LogP contribution in [0.3, 0.4) is 0 Å². The van der Waals surface area contributed by atoms with E-state index < -0.39 is 11.1 Å². The quantitative estimate of drug-likeness (QED) is 0.176. The van der Waals surface area contributed by atoms with Crippen molar-refractivity contribution in [2.45, 2.75) is 71.4 Å². The summed E-state index contributed by atoms with van der Waals surface area (Å²) in [6.07, 6.45) is 6.23. The zero-order chi connectivity index (χ0) is 43.7. The molecule has 8 heteroatoms. The Labute approximate surface area is 372 Å². The Bertz CT molecular complexity index is 3610. The second-order valence-electron chi connectivity index (χ2n) is 19.0. The number of aryl methyl sites for hydroxylation is 2. The molecule has 12 rings (SSSR count). The number of aliphatic imine (C=N–C) groups is 1. The van der Waals surface area contributed by atoms with Gasteiger partial charge in [0, 0.05) is 69.1 Å². The SMILES string of the molecule is Cc1ccc2c(c1)c1cc(C)c(-n3c4ccc(-c5ccccc5)nc4c4cccnc43)cc1n2-c1cc(C2=N[C@]3(C)c4cccnc4Cc4ncccc4[C@]3(C)O2)cc(C(C)(C)C)c1. The van der Waals surface area contributed by atoms with E-state index in [0.29, 0.717) is 12.3 Å². The van der Waals surface area contributed by atoms with Gasteiger partial charge < -0.3 is 9.30 Å². The molecule has 2 aliphatic rings. The van der Waals surface area contributed by atoms with E-state index in [1.54, 1.807) is 0 Å². The zero-order valence-corrected chi connectivity index (χ0v) is 37.1. The molecule has 0 amide bonds. The molecule has 8 nitrogen and oxygen atoms in total. The van der Waals surface area contributed by atoms with Crippen LogP contribution in [0.25, 0.3) is 66.5 Å². The van der Waals surface area contributed by atoms with E-state index in [1.165, 1.54) is 21.9 Å². The molecule has 0 spiro atoms. The van der Waals surface area contributed by atoms with Gasteiger partial charge in [-0.2, -0.15) is 0 Å². The molecule has 0 unspecified atom stereocenters. The van der Waals surface area contributed by atoms with Crippen molar-refractivity contribution in [1.82, 2.24) is 29.1 Å². The molecule has 4 aromatic carbocycles. The highest BCUT2D eigenvalue weighted by Crippen LogP contribution is 2.54. The third-order valence-electron chi connectivity index (χ3n) is 13.9. The second-order valence-corrected chi connectivity index (χ2v) is 19.0. The van der Waals surface area contributed by atoms with Gasteiger partial charge >= 0.3 is 0 Å². The van der Waals surface area contributed by atoms with Gasteiger partial charge in [0.2, 0.25) is 5.90 Å². The van der Waals surface area contributed by atoms with Crippen LogP contribution in [0.5, 0.6) is 0 Å². The van der Waals surface area contributed by atoms with E-state index >= 15 is 0 Å². The Hall–Kier alpha value is -7.45. The zero-order valence-electron chi connectivity index (χ0n) is 37.1. The Morgan fingerprint density at radius 2 is 1.33 bits per heavy atom. The largest absolute Gasteiger partial charge is 0.463 e. The lowest BCUT2D eigenvalue weighted by Gasteiger charge is -2.37. The number of nitrogens with zero attached hydrogens (tertiary/aromatic N) is 7. The molecular weight excluding hydrogens is 787 g/mol. The summed E-state index contributed by atoms with van der Waals surface area (Å²) in [5.74, 6) is 0.607. The van der Waals surface area contributed by atoms with Crippen molar-refractivity contribution in [2.24, 2.45) is 4.99 Å². The first-order chi connectivity index (χ1) is 30.9. The summed E-state index contributed by atoms with van der Waals surface area (Å²) in [5, 5.41) is 3.40. The normalized spacial score (nSPS) is 18.2. The van der Waals surface area contributed by atoms with Crippen LogP contribution in [0.2, 0.25) is 0 Å². The highest BCUT2D eigenvalue weighted by molar-refractivity contribution is 6.12. The molecule has 0 N–H and O–H groups in total. The van der Waals surface area contributed by atoms with Crippen molar-refractivity contribution in [2.75, 3.05) is 0 Å². The van der Waals surface area contributed by atoms with Crippen LogP contribution in [0.15, 0.2) is 151 Å². The van der Waals surface area contributed by atoms with Crippen LogP contribution in [0.4, 0.5) is 0 Å². The smallest absolute Gasteiger partial charge is 0.218 e. The molecular formula is C56H47N7O. The molecule has 1 aliphatic carbocycles. The topological polar surface area (TPSA) is 83.0 Å². The minimum Gasteiger partial charge on any atom is -0.463 e. The number of aromatic nitrogens is 6. The van der Waals surface area contributed by atoms with E-state index in [4.69, 9.17) is 29.7 Å². The van der Waals surface area contributed by atoms with Crippen LogP contribution in [-0.4, -0.2) is 35.0 Å². The monoisotopic (exact) mass is 833 g/mol. The first-order valence-electron chi connectivity index (χ1n) is 22.1. The average molecular weight is 834 g/mol. The maximum Gasteiger partial charge on any atom is 0.218 e. The summed E-state index contributed by atoms with van der Waals surface area (Å²) >= 11 is 0. The summed E-state index contributed by atoms with van der Waals surface area (Å²) in [6, 6.07) is 45.5. The number of benzene rings is 4. The van der Waals surface area contributed by atoms with E-state index in [2.05, 4.69) is 161 Å². The fourth-order valence-electron chi connectivity index (χ4n) is 10.4. The van der Waals surface area contributed by atoms with Gasteiger partial charge in [-0.25, -0.2) is 15.0 Å². The van der Waals surface area contributed by atoms with Gasteiger partial charge in [-0.3, -0.25) is 14.5 Å². The number of fused-ring (bicyclic) bond motifs is 11. The van der Waals surface area contributed by atoms with Crippen molar-refractivity contribution in [3.05, 3.63) is 191 Å². The summed E-state index contributed by atoms with van der Waals surface area (Å²) in [6.45, 7) is 15.5. The van der Waals surface area contributed by atoms with E-state index in [9.17, 15) is 0 Å².